The van der Waals surface area contributed by atoms with Gasteiger partial charge in [-0.25, -0.2) is 0 Å². The van der Waals surface area contributed by atoms with Gasteiger partial charge in [-0.3, -0.25) is 0 Å². The summed E-state index contributed by atoms with van der Waals surface area (Å²) in [6.07, 6.45) is 3.75. The number of rotatable bonds is 8. The van der Waals surface area contributed by atoms with Gasteiger partial charge in [0.15, 0.2) is 0 Å². The summed E-state index contributed by atoms with van der Waals surface area (Å²) >= 11 is 0. The third kappa shape index (κ3) is 5.61. The molecule has 1 rings (SSSR count). The van der Waals surface area contributed by atoms with Gasteiger partial charge in [0.2, 0.25) is 0 Å². The summed E-state index contributed by atoms with van der Waals surface area (Å²) in [7, 11) is 2.12. The van der Waals surface area contributed by atoms with Crippen LogP contribution < -0.4 is 4.90 Å². The number of unbranched alkanes of at least 4 members (excludes halogenated alkanes) is 2. The van der Waals surface area contributed by atoms with Crippen LogP contribution in [0.2, 0.25) is 0 Å². The minimum absolute atomic E-state index is 0.479. The van der Waals surface area contributed by atoms with Crippen molar-refractivity contribution in [3.8, 4) is 6.07 Å². The molecule has 2 heteroatoms. The Hall–Kier alpha value is -1.75. The molecule has 0 saturated carbocycles. The number of nitriles is 1. The van der Waals surface area contributed by atoms with Gasteiger partial charge in [-0.15, -0.1) is 0 Å². The quantitative estimate of drug-likeness (QED) is 0.509. The number of nitrogens with zero attached hydrogens (tertiary/aromatic N) is 2. The van der Waals surface area contributed by atoms with E-state index in [1.54, 1.807) is 0 Å². The predicted molar refractivity (Wildman–Crippen MR) is 82.1 cm³/mol. The molecular weight excluding hydrogens is 232 g/mol. The molecule has 1 atom stereocenters. The zero-order valence-corrected chi connectivity index (χ0v) is 12.1. The van der Waals surface area contributed by atoms with Gasteiger partial charge in [-0.1, -0.05) is 37.3 Å². The molecule has 1 unspecified atom stereocenters. The first-order valence-electron chi connectivity index (χ1n) is 6.96. The summed E-state index contributed by atoms with van der Waals surface area (Å²) in [4.78, 5) is 2.27. The van der Waals surface area contributed by atoms with E-state index in [2.05, 4.69) is 55.8 Å². The summed E-state index contributed by atoms with van der Waals surface area (Å²) in [5, 5.41) is 8.51. The number of benzene rings is 1. The van der Waals surface area contributed by atoms with Crippen LogP contribution in [0.4, 0.5) is 5.69 Å². The number of para-hydroxylation sites is 1. The van der Waals surface area contributed by atoms with E-state index in [0.717, 1.165) is 25.8 Å². The Labute approximate surface area is 117 Å². The number of anilines is 1. The molecule has 0 aliphatic carbocycles. The van der Waals surface area contributed by atoms with Crippen LogP contribution in [-0.2, 0) is 0 Å². The normalized spacial score (nSPS) is 11.6. The van der Waals surface area contributed by atoms with Crippen LogP contribution in [0.15, 0.2) is 42.5 Å². The zero-order valence-electron chi connectivity index (χ0n) is 12.1. The van der Waals surface area contributed by atoms with E-state index < -0.39 is 0 Å². The Balaban J connectivity index is 2.35. The van der Waals surface area contributed by atoms with Crippen molar-refractivity contribution in [3.05, 3.63) is 42.5 Å². The van der Waals surface area contributed by atoms with Crippen molar-refractivity contribution in [1.82, 2.24) is 0 Å². The highest BCUT2D eigenvalue weighted by Gasteiger charge is 2.10. The van der Waals surface area contributed by atoms with Crippen molar-refractivity contribution in [2.24, 2.45) is 5.92 Å². The summed E-state index contributed by atoms with van der Waals surface area (Å²) in [6, 6.07) is 12.6. The Morgan fingerprint density at radius 3 is 2.63 bits per heavy atom. The molecule has 0 saturated heterocycles. The summed E-state index contributed by atoms with van der Waals surface area (Å²) < 4.78 is 0. The fourth-order valence-corrected chi connectivity index (χ4v) is 2.13. The van der Waals surface area contributed by atoms with Crippen molar-refractivity contribution in [2.75, 3.05) is 18.5 Å². The zero-order chi connectivity index (χ0) is 14.1. The van der Waals surface area contributed by atoms with Crippen LogP contribution >= 0.6 is 0 Å². The number of hydrogen-bond acceptors (Lipinski definition) is 2. The van der Waals surface area contributed by atoms with E-state index >= 15 is 0 Å². The molecule has 2 nitrogen and oxygen atoms in total. The maximum atomic E-state index is 8.51. The van der Waals surface area contributed by atoms with Gasteiger partial charge in [0.25, 0.3) is 0 Å². The van der Waals surface area contributed by atoms with Gasteiger partial charge in [0.1, 0.15) is 0 Å². The molecule has 1 aromatic carbocycles. The lowest BCUT2D eigenvalue weighted by molar-refractivity contribution is 0.614. The fraction of sp³-hybridized carbons (Fsp3) is 0.471. The molecule has 0 aromatic heterocycles. The SMILES string of the molecule is C=C(CCCCC#N)C(C)CN(C)c1ccccc1. The lowest BCUT2D eigenvalue weighted by Crippen LogP contribution is -2.24. The van der Waals surface area contributed by atoms with Gasteiger partial charge in [0, 0.05) is 25.7 Å². The van der Waals surface area contributed by atoms with Crippen molar-refractivity contribution in [2.45, 2.75) is 32.6 Å². The van der Waals surface area contributed by atoms with E-state index in [0.29, 0.717) is 12.3 Å². The first kappa shape index (κ1) is 15.3. The topological polar surface area (TPSA) is 27.0 Å². The summed E-state index contributed by atoms with van der Waals surface area (Å²) in [6.45, 7) is 7.40. The van der Waals surface area contributed by atoms with Gasteiger partial charge < -0.3 is 4.90 Å². The van der Waals surface area contributed by atoms with E-state index in [9.17, 15) is 0 Å². The maximum Gasteiger partial charge on any atom is 0.0621 e. The monoisotopic (exact) mass is 256 g/mol. The van der Waals surface area contributed by atoms with Crippen LogP contribution in [0.5, 0.6) is 0 Å². The molecule has 0 amide bonds. The smallest absolute Gasteiger partial charge is 0.0621 e. The Kier molecular flexibility index (Phi) is 6.74. The molecule has 0 N–H and O–H groups in total. The highest BCUT2D eigenvalue weighted by Crippen LogP contribution is 2.20. The van der Waals surface area contributed by atoms with Crippen molar-refractivity contribution in [1.29, 1.82) is 5.26 Å². The molecule has 19 heavy (non-hydrogen) atoms. The highest BCUT2D eigenvalue weighted by molar-refractivity contribution is 5.45. The molecule has 0 aliphatic heterocycles. The third-order valence-electron chi connectivity index (χ3n) is 3.48. The first-order chi connectivity index (χ1) is 9.15. The van der Waals surface area contributed by atoms with E-state index in [1.807, 2.05) is 6.07 Å². The maximum absolute atomic E-state index is 8.51. The van der Waals surface area contributed by atoms with Gasteiger partial charge in [-0.2, -0.15) is 5.26 Å². The van der Waals surface area contributed by atoms with Gasteiger partial charge >= 0.3 is 0 Å². The molecule has 1 aromatic rings. The molecule has 0 bridgehead atoms. The first-order valence-corrected chi connectivity index (χ1v) is 6.96. The molecule has 0 fully saturated rings. The van der Waals surface area contributed by atoms with Crippen LogP contribution in [0.3, 0.4) is 0 Å². The van der Waals surface area contributed by atoms with Crippen LogP contribution in [0, 0.1) is 17.2 Å². The lowest BCUT2D eigenvalue weighted by atomic mass is 9.96. The van der Waals surface area contributed by atoms with E-state index in [1.165, 1.54) is 11.3 Å². The minimum atomic E-state index is 0.479. The minimum Gasteiger partial charge on any atom is -0.374 e. The second-order valence-electron chi connectivity index (χ2n) is 5.14. The van der Waals surface area contributed by atoms with Crippen LogP contribution in [-0.4, -0.2) is 13.6 Å². The lowest BCUT2D eigenvalue weighted by Gasteiger charge is -2.24. The Morgan fingerprint density at radius 2 is 2.00 bits per heavy atom. The standard InChI is InChI=1S/C17H24N2/c1-15(10-6-5-9-13-18)16(2)14-19(3)17-11-7-4-8-12-17/h4,7-8,11-12,16H,1,5-6,9-10,14H2,2-3H3. The molecule has 0 spiro atoms. The third-order valence-corrected chi connectivity index (χ3v) is 3.48. The van der Waals surface area contributed by atoms with Gasteiger partial charge in [-0.05, 0) is 37.3 Å². The van der Waals surface area contributed by atoms with E-state index in [4.69, 9.17) is 5.26 Å². The molecule has 102 valence electrons. The largest absolute Gasteiger partial charge is 0.374 e. The fourth-order valence-electron chi connectivity index (χ4n) is 2.13. The van der Waals surface area contributed by atoms with Crippen LogP contribution in [0.1, 0.15) is 32.6 Å². The molecular formula is C17H24N2. The average Bonchev–Trinajstić information content (AvgIpc) is 2.44. The molecule has 0 heterocycles. The second kappa shape index (κ2) is 8.37. The van der Waals surface area contributed by atoms with Crippen molar-refractivity contribution >= 4 is 5.69 Å². The summed E-state index contributed by atoms with van der Waals surface area (Å²) in [5.41, 5.74) is 2.53. The van der Waals surface area contributed by atoms with Crippen molar-refractivity contribution in [3.63, 3.8) is 0 Å². The van der Waals surface area contributed by atoms with Gasteiger partial charge in [0.05, 0.1) is 6.07 Å². The summed E-state index contributed by atoms with van der Waals surface area (Å²) in [5.74, 6) is 0.479. The highest BCUT2D eigenvalue weighted by atomic mass is 15.1. The average molecular weight is 256 g/mol. The number of hydrogen-bond donors (Lipinski definition) is 0. The van der Waals surface area contributed by atoms with E-state index in [-0.39, 0.29) is 0 Å². The second-order valence-corrected chi connectivity index (χ2v) is 5.14. The predicted octanol–water partition coefficient (Wildman–Crippen LogP) is 4.40. The van der Waals surface area contributed by atoms with Crippen molar-refractivity contribution < 1.29 is 0 Å². The molecule has 0 aliphatic rings. The Bertz CT molecular complexity index is 417. The van der Waals surface area contributed by atoms with Crippen LogP contribution in [0.25, 0.3) is 0 Å². The molecule has 0 radical (unpaired) electrons. The Morgan fingerprint density at radius 1 is 1.32 bits per heavy atom.